The molecule has 0 radical (unpaired) electrons. The average Bonchev–Trinajstić information content (AvgIpc) is 3.09. The van der Waals surface area contributed by atoms with Crippen molar-refractivity contribution in [2.24, 2.45) is 5.41 Å². The van der Waals surface area contributed by atoms with Gasteiger partial charge in [-0.25, -0.2) is 4.98 Å². The normalized spacial score (nSPS) is 16.8. The van der Waals surface area contributed by atoms with E-state index in [-0.39, 0.29) is 25.3 Å². The van der Waals surface area contributed by atoms with Gasteiger partial charge in [-0.15, -0.1) is 0 Å². The number of piperidine rings is 1. The lowest BCUT2D eigenvalue weighted by Gasteiger charge is -2.41. The van der Waals surface area contributed by atoms with Crippen LogP contribution in [-0.4, -0.2) is 68.7 Å². The van der Waals surface area contributed by atoms with Crippen LogP contribution in [0.4, 0.5) is 5.82 Å². The van der Waals surface area contributed by atoms with Gasteiger partial charge in [-0.3, -0.25) is 9.59 Å². The van der Waals surface area contributed by atoms with Gasteiger partial charge in [-0.1, -0.05) is 13.8 Å². The lowest BCUT2D eigenvalue weighted by atomic mass is 9.84. The number of fused-ring (bicyclic) bond motifs is 1. The first-order valence-electron chi connectivity index (χ1n) is 9.93. The molecule has 158 valence electrons. The van der Waals surface area contributed by atoms with E-state index >= 15 is 0 Å². The van der Waals surface area contributed by atoms with Crippen molar-refractivity contribution in [3.05, 3.63) is 30.7 Å². The molecule has 2 N–H and O–H groups in total. The molecule has 2 aromatic heterocycles. The van der Waals surface area contributed by atoms with E-state index < -0.39 is 17.0 Å². The summed E-state index contributed by atoms with van der Waals surface area (Å²) in [6.45, 7) is 5.10. The Balaban J connectivity index is 1.58. The minimum Gasteiger partial charge on any atom is -0.481 e. The first-order valence-corrected chi connectivity index (χ1v) is 9.93. The molecule has 0 unspecified atom stereocenters. The molecule has 8 heteroatoms. The zero-order chi connectivity index (χ0) is 21.2. The van der Waals surface area contributed by atoms with Crippen molar-refractivity contribution in [2.75, 3.05) is 31.6 Å². The highest BCUT2D eigenvalue weighted by Crippen LogP contribution is 2.30. The number of carboxylic acid groups (broad SMARTS) is 1. The second kappa shape index (κ2) is 8.02. The van der Waals surface area contributed by atoms with Gasteiger partial charge in [0.2, 0.25) is 5.91 Å². The van der Waals surface area contributed by atoms with Crippen molar-refractivity contribution >= 4 is 23.2 Å². The second-order valence-corrected chi connectivity index (χ2v) is 8.92. The molecule has 29 heavy (non-hydrogen) atoms. The van der Waals surface area contributed by atoms with Gasteiger partial charge in [0.15, 0.2) is 5.82 Å². The van der Waals surface area contributed by atoms with Crippen LogP contribution in [0.1, 0.15) is 39.5 Å². The average molecular weight is 402 g/mol. The van der Waals surface area contributed by atoms with Crippen LogP contribution in [-0.2, 0) is 9.59 Å². The molecule has 3 heterocycles. The zero-order valence-corrected chi connectivity index (χ0v) is 17.3. The molecule has 0 spiro atoms. The van der Waals surface area contributed by atoms with Crippen LogP contribution in [0.3, 0.4) is 0 Å². The SMILES string of the molecule is CN(CC1(O)CCN(c2nccn3cccc23)CC1)C(=O)CC(C)(C)CC(=O)O. The Hall–Kier alpha value is -2.61. The largest absolute Gasteiger partial charge is 0.481 e. The number of aliphatic carboxylic acids is 1. The number of carbonyl (C=O) groups excluding carboxylic acids is 1. The molecule has 1 aliphatic rings. The first kappa shape index (κ1) is 21.1. The van der Waals surface area contributed by atoms with Gasteiger partial charge in [0.25, 0.3) is 0 Å². The van der Waals surface area contributed by atoms with Gasteiger partial charge < -0.3 is 24.4 Å². The Bertz CT molecular complexity index is 884. The fraction of sp³-hybridized carbons (Fsp3) is 0.571. The summed E-state index contributed by atoms with van der Waals surface area (Å²) in [5.74, 6) is -0.158. The van der Waals surface area contributed by atoms with Gasteiger partial charge in [0, 0.05) is 51.7 Å². The van der Waals surface area contributed by atoms with Crippen molar-refractivity contribution in [1.82, 2.24) is 14.3 Å². The van der Waals surface area contributed by atoms with Crippen molar-refractivity contribution < 1.29 is 19.8 Å². The van der Waals surface area contributed by atoms with Crippen molar-refractivity contribution in [3.63, 3.8) is 0 Å². The molecular weight excluding hydrogens is 372 g/mol. The molecule has 3 rings (SSSR count). The van der Waals surface area contributed by atoms with E-state index in [1.54, 1.807) is 27.1 Å². The monoisotopic (exact) mass is 402 g/mol. The Labute approximate surface area is 170 Å². The molecule has 1 saturated heterocycles. The number of aromatic nitrogens is 2. The van der Waals surface area contributed by atoms with Crippen LogP contribution in [0.15, 0.2) is 30.7 Å². The topological polar surface area (TPSA) is 98.4 Å². The van der Waals surface area contributed by atoms with Crippen molar-refractivity contribution in [1.29, 1.82) is 0 Å². The lowest BCUT2D eigenvalue weighted by molar-refractivity contribution is -0.141. The number of anilines is 1. The number of aliphatic hydroxyl groups is 1. The van der Waals surface area contributed by atoms with Gasteiger partial charge >= 0.3 is 5.97 Å². The summed E-state index contributed by atoms with van der Waals surface area (Å²) in [7, 11) is 1.67. The highest BCUT2D eigenvalue weighted by molar-refractivity contribution is 5.78. The zero-order valence-electron chi connectivity index (χ0n) is 17.3. The number of carbonyl (C=O) groups is 2. The summed E-state index contributed by atoms with van der Waals surface area (Å²) in [5.41, 5.74) is -0.541. The summed E-state index contributed by atoms with van der Waals surface area (Å²) < 4.78 is 2.02. The van der Waals surface area contributed by atoms with Gasteiger partial charge in [0.05, 0.1) is 17.5 Å². The van der Waals surface area contributed by atoms with E-state index in [1.807, 2.05) is 28.9 Å². The van der Waals surface area contributed by atoms with Crippen LogP contribution >= 0.6 is 0 Å². The van der Waals surface area contributed by atoms with E-state index in [0.29, 0.717) is 25.9 Å². The summed E-state index contributed by atoms with van der Waals surface area (Å²) in [6, 6.07) is 4.00. The van der Waals surface area contributed by atoms with Crippen molar-refractivity contribution in [3.8, 4) is 0 Å². The van der Waals surface area contributed by atoms with Crippen molar-refractivity contribution in [2.45, 2.75) is 45.1 Å². The first-order chi connectivity index (χ1) is 13.6. The number of likely N-dealkylation sites (N-methyl/N-ethyl adjacent to an activating group) is 1. The van der Waals surface area contributed by atoms with Gasteiger partial charge in [-0.2, -0.15) is 0 Å². The Kier molecular flexibility index (Phi) is 5.84. The molecule has 1 fully saturated rings. The number of hydrogen-bond acceptors (Lipinski definition) is 5. The maximum Gasteiger partial charge on any atom is 0.303 e. The summed E-state index contributed by atoms with van der Waals surface area (Å²) in [6.07, 6.45) is 6.80. The minimum absolute atomic E-state index is 0.0654. The molecule has 0 atom stereocenters. The molecule has 0 bridgehead atoms. The molecule has 2 aromatic rings. The number of nitrogens with zero attached hydrogens (tertiary/aromatic N) is 4. The molecule has 0 aliphatic carbocycles. The summed E-state index contributed by atoms with van der Waals surface area (Å²) >= 11 is 0. The van der Waals surface area contributed by atoms with Crippen LogP contribution in [0.2, 0.25) is 0 Å². The van der Waals surface area contributed by atoms with E-state index in [1.165, 1.54) is 4.90 Å². The quantitative estimate of drug-likeness (QED) is 0.735. The lowest BCUT2D eigenvalue weighted by Crippen LogP contribution is -2.51. The molecule has 1 aliphatic heterocycles. The molecular formula is C21H30N4O4. The van der Waals surface area contributed by atoms with Gasteiger partial charge in [-0.05, 0) is 30.4 Å². The van der Waals surface area contributed by atoms with E-state index in [4.69, 9.17) is 5.11 Å². The number of carboxylic acids is 1. The fourth-order valence-electron chi connectivity index (χ4n) is 4.04. The maximum absolute atomic E-state index is 12.6. The van der Waals surface area contributed by atoms with Crippen LogP contribution < -0.4 is 4.90 Å². The van der Waals surface area contributed by atoms with Crippen LogP contribution in [0.25, 0.3) is 5.52 Å². The smallest absolute Gasteiger partial charge is 0.303 e. The van der Waals surface area contributed by atoms with E-state index in [2.05, 4.69) is 9.88 Å². The van der Waals surface area contributed by atoms with E-state index in [0.717, 1.165) is 11.3 Å². The Morgan fingerprint density at radius 3 is 2.59 bits per heavy atom. The van der Waals surface area contributed by atoms with Crippen LogP contribution in [0.5, 0.6) is 0 Å². The molecule has 0 aromatic carbocycles. The third-order valence-corrected chi connectivity index (χ3v) is 5.64. The fourth-order valence-corrected chi connectivity index (χ4v) is 4.04. The third-order valence-electron chi connectivity index (χ3n) is 5.64. The predicted octanol–water partition coefficient (Wildman–Crippen LogP) is 2.01. The highest BCUT2D eigenvalue weighted by atomic mass is 16.4. The predicted molar refractivity (Wildman–Crippen MR) is 110 cm³/mol. The summed E-state index contributed by atoms with van der Waals surface area (Å²) in [5, 5.41) is 20.0. The number of rotatable bonds is 7. The molecule has 8 nitrogen and oxygen atoms in total. The minimum atomic E-state index is -0.953. The van der Waals surface area contributed by atoms with Gasteiger partial charge in [0.1, 0.15) is 0 Å². The molecule has 0 saturated carbocycles. The van der Waals surface area contributed by atoms with Crippen LogP contribution in [0, 0.1) is 5.41 Å². The number of amides is 1. The Morgan fingerprint density at radius 2 is 1.93 bits per heavy atom. The maximum atomic E-state index is 12.6. The second-order valence-electron chi connectivity index (χ2n) is 8.92. The standard InChI is InChI=1S/C21H30N4O4/c1-20(2,14-18(27)28)13-17(26)23(3)15-21(29)6-10-25(11-7-21)19-16-5-4-9-24(16)12-8-22-19/h4-5,8-9,12,29H,6-7,10-11,13-15H2,1-3H3,(H,27,28). The Morgan fingerprint density at radius 1 is 1.24 bits per heavy atom. The third kappa shape index (κ3) is 5.06. The highest BCUT2D eigenvalue weighted by Gasteiger charge is 2.36. The molecule has 1 amide bonds. The van der Waals surface area contributed by atoms with E-state index in [9.17, 15) is 14.7 Å². The number of hydrogen-bond donors (Lipinski definition) is 2. The summed E-state index contributed by atoms with van der Waals surface area (Å²) in [4.78, 5) is 31.7.